The average molecular weight is 431 g/mol. The van der Waals surface area contributed by atoms with Gasteiger partial charge in [0.05, 0.1) is 4.90 Å². The predicted molar refractivity (Wildman–Crippen MR) is 118 cm³/mol. The van der Waals surface area contributed by atoms with E-state index in [4.69, 9.17) is 0 Å². The Morgan fingerprint density at radius 1 is 1.00 bits per heavy atom. The summed E-state index contributed by atoms with van der Waals surface area (Å²) >= 11 is 0. The van der Waals surface area contributed by atoms with Crippen molar-refractivity contribution in [1.29, 1.82) is 0 Å². The molecule has 0 aliphatic heterocycles. The molecule has 0 fully saturated rings. The van der Waals surface area contributed by atoms with Gasteiger partial charge in [-0.05, 0) is 42.5 Å². The van der Waals surface area contributed by atoms with Gasteiger partial charge in [-0.1, -0.05) is 26.0 Å². The molecule has 3 amide bonds. The minimum absolute atomic E-state index is 0.0731. The van der Waals surface area contributed by atoms with Crippen LogP contribution in [-0.4, -0.2) is 44.3 Å². The molecule has 8 nitrogen and oxygen atoms in total. The van der Waals surface area contributed by atoms with Crippen LogP contribution in [0.15, 0.2) is 66.1 Å². The Hall–Kier alpha value is -3.17. The first-order chi connectivity index (χ1) is 14.3. The van der Waals surface area contributed by atoms with E-state index in [1.165, 1.54) is 16.4 Å². The largest absolute Gasteiger partial charge is 0.334 e. The normalized spacial score (nSPS) is 11.0. The first-order valence-corrected chi connectivity index (χ1v) is 10.9. The highest BCUT2D eigenvalue weighted by atomic mass is 32.2. The van der Waals surface area contributed by atoms with E-state index in [1.54, 1.807) is 56.3 Å². The topological polar surface area (TPSA) is 108 Å². The molecule has 160 valence electrons. The molecule has 0 unspecified atom stereocenters. The smallest absolute Gasteiger partial charge is 0.319 e. The first kappa shape index (κ1) is 23.1. The maximum atomic E-state index is 12.7. The van der Waals surface area contributed by atoms with Crippen molar-refractivity contribution in [2.75, 3.05) is 30.3 Å². The van der Waals surface area contributed by atoms with Gasteiger partial charge in [0.25, 0.3) is 5.91 Å². The maximum Gasteiger partial charge on any atom is 0.319 e. The van der Waals surface area contributed by atoms with Crippen LogP contribution < -0.4 is 16.0 Å². The van der Waals surface area contributed by atoms with Crippen molar-refractivity contribution in [2.45, 2.75) is 18.7 Å². The van der Waals surface area contributed by atoms with Gasteiger partial charge in [-0.25, -0.2) is 13.2 Å². The van der Waals surface area contributed by atoms with Crippen LogP contribution in [0.1, 0.15) is 24.2 Å². The minimum atomic E-state index is -3.65. The van der Waals surface area contributed by atoms with Crippen LogP contribution >= 0.6 is 0 Å². The van der Waals surface area contributed by atoms with Gasteiger partial charge < -0.3 is 16.0 Å². The third kappa shape index (κ3) is 5.91. The molecule has 2 aromatic carbocycles. The fraction of sp³-hybridized carbons (Fsp3) is 0.238. The van der Waals surface area contributed by atoms with Crippen LogP contribution in [0.4, 0.5) is 16.2 Å². The van der Waals surface area contributed by atoms with Gasteiger partial charge in [-0.3, -0.25) is 4.79 Å². The van der Waals surface area contributed by atoms with Crippen LogP contribution in [0, 0.1) is 0 Å². The number of benzene rings is 2. The molecule has 30 heavy (non-hydrogen) atoms. The fourth-order valence-corrected chi connectivity index (χ4v) is 4.20. The number of hydrogen-bond acceptors (Lipinski definition) is 4. The molecular formula is C21H26N4O4S. The summed E-state index contributed by atoms with van der Waals surface area (Å²) in [6.45, 7) is 8.09. The van der Waals surface area contributed by atoms with E-state index in [-0.39, 0.29) is 16.5 Å². The summed E-state index contributed by atoms with van der Waals surface area (Å²) in [6.07, 6.45) is 1.57. The Morgan fingerprint density at radius 2 is 1.60 bits per heavy atom. The molecule has 0 saturated heterocycles. The van der Waals surface area contributed by atoms with E-state index in [2.05, 4.69) is 22.5 Å². The quantitative estimate of drug-likeness (QED) is 0.531. The van der Waals surface area contributed by atoms with E-state index >= 15 is 0 Å². The lowest BCUT2D eigenvalue weighted by atomic mass is 10.2. The molecular weight excluding hydrogens is 404 g/mol. The summed E-state index contributed by atoms with van der Waals surface area (Å²) in [5.41, 5.74) is 1.30. The zero-order chi connectivity index (χ0) is 22.1. The number of sulfonamides is 1. The predicted octanol–water partition coefficient (Wildman–Crippen LogP) is 3.28. The molecule has 2 aromatic rings. The molecule has 0 saturated carbocycles. The van der Waals surface area contributed by atoms with Crippen LogP contribution in [-0.2, 0) is 10.0 Å². The van der Waals surface area contributed by atoms with E-state index in [9.17, 15) is 18.0 Å². The number of carbonyl (C=O) groups excluding carboxylic acids is 2. The SMILES string of the molecule is C=CCNC(=O)Nc1ccc(NC(=O)c2cccc(S(=O)(=O)N(CC)CC)c2)cc1. The highest BCUT2D eigenvalue weighted by Gasteiger charge is 2.22. The number of amides is 3. The van der Waals surface area contributed by atoms with Crippen molar-refractivity contribution in [2.24, 2.45) is 0 Å². The van der Waals surface area contributed by atoms with Crippen molar-refractivity contribution in [3.63, 3.8) is 0 Å². The fourth-order valence-electron chi connectivity index (χ4n) is 2.69. The van der Waals surface area contributed by atoms with Crippen LogP contribution in [0.2, 0.25) is 0 Å². The van der Waals surface area contributed by atoms with Gasteiger partial charge in [0.2, 0.25) is 10.0 Å². The third-order valence-electron chi connectivity index (χ3n) is 4.25. The van der Waals surface area contributed by atoms with Gasteiger partial charge in [-0.2, -0.15) is 4.31 Å². The number of nitrogens with zero attached hydrogens (tertiary/aromatic N) is 1. The molecule has 0 aromatic heterocycles. The molecule has 0 spiro atoms. The number of nitrogens with one attached hydrogen (secondary N) is 3. The zero-order valence-electron chi connectivity index (χ0n) is 17.0. The summed E-state index contributed by atoms with van der Waals surface area (Å²) in [7, 11) is -3.65. The monoisotopic (exact) mass is 430 g/mol. The molecule has 3 N–H and O–H groups in total. The molecule has 9 heteroatoms. The van der Waals surface area contributed by atoms with Crippen molar-refractivity contribution in [3.8, 4) is 0 Å². The van der Waals surface area contributed by atoms with Crippen molar-refractivity contribution in [1.82, 2.24) is 9.62 Å². The summed E-state index contributed by atoms with van der Waals surface area (Å²) < 4.78 is 26.7. The molecule has 0 bridgehead atoms. The summed E-state index contributed by atoms with van der Waals surface area (Å²) in [5.74, 6) is -0.434. The lowest BCUT2D eigenvalue weighted by Crippen LogP contribution is -2.30. The Bertz CT molecular complexity index is 1000. The van der Waals surface area contributed by atoms with Crippen LogP contribution in [0.5, 0.6) is 0 Å². The molecule has 0 atom stereocenters. The van der Waals surface area contributed by atoms with Gasteiger partial charge in [0.1, 0.15) is 0 Å². The minimum Gasteiger partial charge on any atom is -0.334 e. The van der Waals surface area contributed by atoms with E-state index in [0.717, 1.165) is 0 Å². The maximum absolute atomic E-state index is 12.7. The number of rotatable bonds is 9. The molecule has 0 radical (unpaired) electrons. The van der Waals surface area contributed by atoms with Crippen molar-refractivity contribution >= 4 is 33.3 Å². The lowest BCUT2D eigenvalue weighted by Gasteiger charge is -2.18. The van der Waals surface area contributed by atoms with Crippen LogP contribution in [0.3, 0.4) is 0 Å². The Kier molecular flexibility index (Phi) is 8.14. The molecule has 0 aliphatic carbocycles. The van der Waals surface area contributed by atoms with Crippen molar-refractivity contribution < 1.29 is 18.0 Å². The second-order valence-electron chi connectivity index (χ2n) is 6.27. The number of hydrogen-bond donors (Lipinski definition) is 3. The summed E-state index contributed by atoms with van der Waals surface area (Å²) in [4.78, 5) is 24.3. The highest BCUT2D eigenvalue weighted by Crippen LogP contribution is 2.19. The zero-order valence-corrected chi connectivity index (χ0v) is 17.8. The van der Waals surface area contributed by atoms with E-state index < -0.39 is 15.9 Å². The third-order valence-corrected chi connectivity index (χ3v) is 6.29. The van der Waals surface area contributed by atoms with E-state index in [0.29, 0.717) is 31.0 Å². The molecule has 2 rings (SSSR count). The molecule has 0 heterocycles. The van der Waals surface area contributed by atoms with Gasteiger partial charge in [0.15, 0.2) is 0 Å². The highest BCUT2D eigenvalue weighted by molar-refractivity contribution is 7.89. The van der Waals surface area contributed by atoms with E-state index in [1.807, 2.05) is 0 Å². The van der Waals surface area contributed by atoms with Crippen molar-refractivity contribution in [3.05, 3.63) is 66.7 Å². The standard InChI is InChI=1S/C21H26N4O4S/c1-4-14-22-21(27)24-18-12-10-17(11-13-18)23-20(26)16-8-7-9-19(15-16)30(28,29)25(5-2)6-3/h4,7-13,15H,1,5-6,14H2,2-3H3,(H,23,26)(H2,22,24,27). The first-order valence-electron chi connectivity index (χ1n) is 9.49. The summed E-state index contributed by atoms with van der Waals surface area (Å²) in [5, 5.41) is 7.97. The number of urea groups is 1. The van der Waals surface area contributed by atoms with Gasteiger partial charge >= 0.3 is 6.03 Å². The second kappa shape index (κ2) is 10.6. The van der Waals surface area contributed by atoms with Gasteiger partial charge in [-0.15, -0.1) is 6.58 Å². The number of carbonyl (C=O) groups is 2. The Morgan fingerprint density at radius 3 is 2.17 bits per heavy atom. The van der Waals surface area contributed by atoms with Crippen LogP contribution in [0.25, 0.3) is 0 Å². The summed E-state index contributed by atoms with van der Waals surface area (Å²) in [6, 6.07) is 12.1. The Balaban J connectivity index is 2.09. The van der Waals surface area contributed by atoms with Gasteiger partial charge in [0, 0.05) is 36.6 Å². The number of anilines is 2. The Labute approximate surface area is 177 Å². The lowest BCUT2D eigenvalue weighted by molar-refractivity contribution is 0.102. The molecule has 0 aliphatic rings. The average Bonchev–Trinajstić information content (AvgIpc) is 2.74. The second-order valence-corrected chi connectivity index (χ2v) is 8.21.